The molecule has 22 heavy (non-hydrogen) atoms. The number of anilines is 1. The van der Waals surface area contributed by atoms with Gasteiger partial charge in [-0.1, -0.05) is 24.3 Å². The summed E-state index contributed by atoms with van der Waals surface area (Å²) in [5, 5.41) is 3.79. The third-order valence-electron chi connectivity index (χ3n) is 3.19. The highest BCUT2D eigenvalue weighted by Crippen LogP contribution is 2.10. The van der Waals surface area contributed by atoms with Crippen molar-refractivity contribution in [3.63, 3.8) is 0 Å². The predicted molar refractivity (Wildman–Crippen MR) is 93.5 cm³/mol. The van der Waals surface area contributed by atoms with E-state index in [1.165, 1.54) is 12.1 Å². The van der Waals surface area contributed by atoms with Crippen molar-refractivity contribution in [2.75, 3.05) is 5.43 Å². The van der Waals surface area contributed by atoms with Crippen molar-refractivity contribution in [2.24, 2.45) is 5.10 Å². The molecule has 5 nitrogen and oxygen atoms in total. The van der Waals surface area contributed by atoms with Crippen LogP contribution in [0, 0.1) is 3.57 Å². The molecule has 1 N–H and O–H groups in total. The fraction of sp³-hybridized carbons (Fsp3) is 0. The Morgan fingerprint density at radius 3 is 2.00 bits per heavy atom. The van der Waals surface area contributed by atoms with Crippen LogP contribution in [0.5, 0.6) is 0 Å². The minimum Gasteiger partial charge on any atom is -0.287 e. The number of halogens is 1. The molecule has 0 spiro atoms. The summed E-state index contributed by atoms with van der Waals surface area (Å²) >= 11 is 2.16. The Labute approximate surface area is 137 Å². The molecule has 3 aromatic rings. The molecular weight excluding hydrogens is 395 g/mol. The molecule has 0 aromatic heterocycles. The van der Waals surface area contributed by atoms with Gasteiger partial charge in [0.25, 0.3) is 5.43 Å². The first-order valence-corrected chi connectivity index (χ1v) is 7.48. The average molecular weight is 404 g/mol. The van der Waals surface area contributed by atoms with E-state index in [0.29, 0.717) is 5.69 Å². The van der Waals surface area contributed by atoms with Crippen molar-refractivity contribution < 1.29 is 0 Å². The lowest BCUT2D eigenvalue weighted by molar-refractivity contribution is 1.17. The number of nitrogens with zero attached hydrogens (tertiary/aromatic N) is 1. The van der Waals surface area contributed by atoms with Crippen molar-refractivity contribution >= 4 is 39.1 Å². The molecule has 3 aromatic carbocycles. The number of hydrogen-bond acceptors (Lipinski definition) is 5. The second kappa shape index (κ2) is 5.80. The van der Waals surface area contributed by atoms with Crippen LogP contribution in [-0.2, 0) is 0 Å². The van der Waals surface area contributed by atoms with Crippen LogP contribution in [0.25, 0.3) is 10.8 Å². The van der Waals surface area contributed by atoms with E-state index in [9.17, 15) is 14.4 Å². The molecule has 6 heteroatoms. The molecule has 0 heterocycles. The third-order valence-corrected chi connectivity index (χ3v) is 3.91. The van der Waals surface area contributed by atoms with E-state index in [4.69, 9.17) is 0 Å². The third kappa shape index (κ3) is 2.57. The number of nitrogens with one attached hydrogen (secondary N) is 1. The fourth-order valence-corrected chi connectivity index (χ4v) is 2.45. The SMILES string of the molecule is O=c1c(=O)c2ccccc2c(=O)/c1=N/Nc1ccc(I)cc1. The van der Waals surface area contributed by atoms with E-state index < -0.39 is 16.3 Å². The summed E-state index contributed by atoms with van der Waals surface area (Å²) in [4.78, 5) is 36.4. The highest BCUT2D eigenvalue weighted by Gasteiger charge is 2.10. The van der Waals surface area contributed by atoms with Crippen LogP contribution in [-0.4, -0.2) is 0 Å². The lowest BCUT2D eigenvalue weighted by Crippen LogP contribution is -2.48. The second-order valence-corrected chi connectivity index (χ2v) is 5.86. The van der Waals surface area contributed by atoms with Crippen LogP contribution in [0.15, 0.2) is 68.0 Å². The first-order chi connectivity index (χ1) is 10.6. The van der Waals surface area contributed by atoms with Crippen LogP contribution >= 0.6 is 22.6 Å². The first kappa shape index (κ1) is 14.6. The Bertz CT molecular complexity index is 1070. The van der Waals surface area contributed by atoms with Crippen LogP contribution in [0.1, 0.15) is 0 Å². The zero-order chi connectivity index (χ0) is 15.7. The van der Waals surface area contributed by atoms with Gasteiger partial charge in [-0.15, -0.1) is 0 Å². The monoisotopic (exact) mass is 404 g/mol. The van der Waals surface area contributed by atoms with Crippen molar-refractivity contribution in [3.05, 3.63) is 88.1 Å². The van der Waals surface area contributed by atoms with Crippen molar-refractivity contribution in [2.45, 2.75) is 0 Å². The number of benzene rings is 3. The summed E-state index contributed by atoms with van der Waals surface area (Å²) < 4.78 is 1.05. The summed E-state index contributed by atoms with van der Waals surface area (Å²) in [7, 11) is 0. The Morgan fingerprint density at radius 2 is 1.36 bits per heavy atom. The summed E-state index contributed by atoms with van der Waals surface area (Å²) in [5.74, 6) is 0. The summed E-state index contributed by atoms with van der Waals surface area (Å²) in [5.41, 5.74) is 1.13. The maximum atomic E-state index is 12.3. The van der Waals surface area contributed by atoms with Gasteiger partial charge in [-0.2, -0.15) is 5.10 Å². The number of rotatable bonds is 2. The minimum absolute atomic E-state index is 0.130. The lowest BCUT2D eigenvalue weighted by Gasteiger charge is -1.99. The molecule has 0 aliphatic carbocycles. The van der Waals surface area contributed by atoms with E-state index in [2.05, 4.69) is 33.1 Å². The van der Waals surface area contributed by atoms with Crippen molar-refractivity contribution in [1.82, 2.24) is 0 Å². The van der Waals surface area contributed by atoms with E-state index in [1.807, 2.05) is 12.1 Å². The molecule has 0 saturated carbocycles. The van der Waals surface area contributed by atoms with Gasteiger partial charge in [0.2, 0.25) is 10.9 Å². The fourth-order valence-electron chi connectivity index (χ4n) is 2.09. The molecule has 0 bridgehead atoms. The Kier molecular flexibility index (Phi) is 3.84. The first-order valence-electron chi connectivity index (χ1n) is 6.40. The number of hydrogen-bond donors (Lipinski definition) is 1. The van der Waals surface area contributed by atoms with Gasteiger partial charge in [0, 0.05) is 14.3 Å². The molecule has 0 saturated heterocycles. The molecule has 0 aliphatic rings. The van der Waals surface area contributed by atoms with Crippen molar-refractivity contribution in [1.29, 1.82) is 0 Å². The Hall–Kier alpha value is -2.35. The molecular formula is C16H9IN2O3. The minimum atomic E-state index is -0.887. The molecule has 0 aliphatic heterocycles. The molecule has 0 unspecified atom stereocenters. The van der Waals surface area contributed by atoms with Crippen LogP contribution in [0.4, 0.5) is 5.69 Å². The zero-order valence-corrected chi connectivity index (χ0v) is 13.3. The molecule has 0 fully saturated rings. The molecule has 0 amide bonds. The highest BCUT2D eigenvalue weighted by atomic mass is 127. The normalized spacial score (nSPS) is 11.8. The second-order valence-electron chi connectivity index (χ2n) is 4.61. The molecule has 0 atom stereocenters. The number of fused-ring (bicyclic) bond motifs is 1. The van der Waals surface area contributed by atoms with Gasteiger partial charge in [0.1, 0.15) is 0 Å². The summed E-state index contributed by atoms with van der Waals surface area (Å²) in [6, 6.07) is 13.5. The Balaban J connectivity index is 2.21. The van der Waals surface area contributed by atoms with Gasteiger partial charge in [0.15, 0.2) is 5.36 Å². The van der Waals surface area contributed by atoms with E-state index in [1.54, 1.807) is 24.3 Å². The van der Waals surface area contributed by atoms with Crippen LogP contribution in [0.3, 0.4) is 0 Å². The van der Waals surface area contributed by atoms with E-state index in [-0.39, 0.29) is 16.1 Å². The summed E-state index contributed by atoms with van der Waals surface area (Å²) in [6.45, 7) is 0. The molecule has 108 valence electrons. The largest absolute Gasteiger partial charge is 0.287 e. The average Bonchev–Trinajstić information content (AvgIpc) is 2.54. The molecule has 3 rings (SSSR count). The maximum Gasteiger partial charge on any atom is 0.257 e. The quantitative estimate of drug-likeness (QED) is 0.397. The van der Waals surface area contributed by atoms with Gasteiger partial charge < -0.3 is 0 Å². The van der Waals surface area contributed by atoms with Gasteiger partial charge in [-0.25, -0.2) is 0 Å². The van der Waals surface area contributed by atoms with Crippen LogP contribution < -0.4 is 27.1 Å². The van der Waals surface area contributed by atoms with Crippen LogP contribution in [0.2, 0.25) is 0 Å². The van der Waals surface area contributed by atoms with Gasteiger partial charge in [0.05, 0.1) is 5.69 Å². The summed E-state index contributed by atoms with van der Waals surface area (Å²) in [6.07, 6.45) is 0. The van der Waals surface area contributed by atoms with Crippen molar-refractivity contribution in [3.8, 4) is 0 Å². The highest BCUT2D eigenvalue weighted by molar-refractivity contribution is 14.1. The predicted octanol–water partition coefficient (Wildman–Crippen LogP) is 1.33. The van der Waals surface area contributed by atoms with Gasteiger partial charge in [-0.3, -0.25) is 19.8 Å². The van der Waals surface area contributed by atoms with E-state index in [0.717, 1.165) is 3.57 Å². The maximum absolute atomic E-state index is 12.3. The van der Waals surface area contributed by atoms with Gasteiger partial charge in [-0.05, 0) is 46.9 Å². The standard InChI is InChI=1S/C16H9IN2O3/c17-9-5-7-10(8-6-9)18-19-13-14(20)11-3-1-2-4-12(11)15(21)16(13)22/h1-8,18H/b19-13-. The Morgan fingerprint density at radius 1 is 0.773 bits per heavy atom. The molecule has 0 radical (unpaired) electrons. The zero-order valence-electron chi connectivity index (χ0n) is 11.2. The smallest absolute Gasteiger partial charge is 0.257 e. The lowest BCUT2D eigenvalue weighted by atomic mass is 10.1. The van der Waals surface area contributed by atoms with Gasteiger partial charge >= 0.3 is 0 Å². The topological polar surface area (TPSA) is 75.6 Å². The van der Waals surface area contributed by atoms with E-state index >= 15 is 0 Å².